The molecule has 0 bridgehead atoms. The first-order valence-electron chi connectivity index (χ1n) is 8.84. The van der Waals surface area contributed by atoms with Gasteiger partial charge >= 0.3 is 0 Å². The summed E-state index contributed by atoms with van der Waals surface area (Å²) in [4.78, 5) is 12.6. The molecule has 3 aromatic rings. The molecule has 7 heteroatoms. The number of methoxy groups -OCH3 is 3. The molecule has 0 atom stereocenters. The van der Waals surface area contributed by atoms with Crippen molar-refractivity contribution < 1.29 is 19.0 Å². The van der Waals surface area contributed by atoms with Gasteiger partial charge < -0.3 is 19.5 Å². The molecule has 146 valence electrons. The van der Waals surface area contributed by atoms with Crippen LogP contribution < -0.4 is 19.5 Å². The first-order chi connectivity index (χ1) is 13.7. The molecular formula is C21H23N3O4. The molecule has 1 heterocycles. The lowest BCUT2D eigenvalue weighted by molar-refractivity contribution is 0.0950. The summed E-state index contributed by atoms with van der Waals surface area (Å²) in [6.45, 7) is 0.497. The second-order valence-corrected chi connectivity index (χ2v) is 6.00. The van der Waals surface area contributed by atoms with Gasteiger partial charge in [-0.05, 0) is 42.3 Å². The molecule has 3 rings (SSSR count). The fourth-order valence-electron chi connectivity index (χ4n) is 2.93. The second-order valence-electron chi connectivity index (χ2n) is 6.00. The molecule has 0 spiro atoms. The van der Waals surface area contributed by atoms with E-state index in [9.17, 15) is 4.79 Å². The van der Waals surface area contributed by atoms with Crippen LogP contribution in [0.15, 0.2) is 54.9 Å². The van der Waals surface area contributed by atoms with Crippen LogP contribution >= 0.6 is 0 Å². The van der Waals surface area contributed by atoms with Crippen LogP contribution in [0.5, 0.6) is 17.2 Å². The molecule has 0 fully saturated rings. The van der Waals surface area contributed by atoms with Crippen LogP contribution in [0.25, 0.3) is 5.69 Å². The number of nitrogens with zero attached hydrogens (tertiary/aromatic N) is 2. The quantitative estimate of drug-likeness (QED) is 0.649. The molecule has 0 aliphatic carbocycles. The van der Waals surface area contributed by atoms with Crippen molar-refractivity contribution in [3.05, 3.63) is 66.0 Å². The maximum absolute atomic E-state index is 12.6. The van der Waals surface area contributed by atoms with E-state index in [1.54, 1.807) is 23.0 Å². The minimum atomic E-state index is -0.231. The minimum absolute atomic E-state index is 0.231. The number of aromatic nitrogens is 2. The highest BCUT2D eigenvalue weighted by Crippen LogP contribution is 2.39. The highest BCUT2D eigenvalue weighted by Gasteiger charge is 2.20. The van der Waals surface area contributed by atoms with Gasteiger partial charge in [-0.2, -0.15) is 5.10 Å². The van der Waals surface area contributed by atoms with Gasteiger partial charge in [-0.1, -0.05) is 12.1 Å². The van der Waals surface area contributed by atoms with E-state index in [1.165, 1.54) is 21.3 Å². The zero-order valence-corrected chi connectivity index (χ0v) is 16.1. The monoisotopic (exact) mass is 381 g/mol. The average molecular weight is 381 g/mol. The van der Waals surface area contributed by atoms with Gasteiger partial charge in [-0.15, -0.1) is 0 Å². The van der Waals surface area contributed by atoms with Crippen molar-refractivity contribution >= 4 is 5.91 Å². The van der Waals surface area contributed by atoms with Crippen LogP contribution in [0.4, 0.5) is 0 Å². The van der Waals surface area contributed by atoms with E-state index in [0.29, 0.717) is 35.8 Å². The van der Waals surface area contributed by atoms with Crippen LogP contribution in [-0.4, -0.2) is 43.6 Å². The molecule has 1 aromatic heterocycles. The molecular weight excluding hydrogens is 358 g/mol. The summed E-state index contributed by atoms with van der Waals surface area (Å²) < 4.78 is 17.7. The zero-order chi connectivity index (χ0) is 19.9. The molecule has 2 aromatic carbocycles. The first-order valence-corrected chi connectivity index (χ1v) is 8.84. The normalized spacial score (nSPS) is 10.4. The average Bonchev–Trinajstić information content (AvgIpc) is 3.27. The third-order valence-electron chi connectivity index (χ3n) is 4.35. The summed E-state index contributed by atoms with van der Waals surface area (Å²) in [7, 11) is 4.54. The van der Waals surface area contributed by atoms with Crippen molar-refractivity contribution in [1.29, 1.82) is 0 Å². The Bertz CT molecular complexity index is 922. The van der Waals surface area contributed by atoms with Crippen molar-refractivity contribution in [2.24, 2.45) is 0 Å². The molecule has 0 aliphatic rings. The number of carbonyl (C=O) groups is 1. The fraction of sp³-hybridized carbons (Fsp3) is 0.238. The lowest BCUT2D eigenvalue weighted by Gasteiger charge is -2.15. The topological polar surface area (TPSA) is 74.6 Å². The number of hydrogen-bond donors (Lipinski definition) is 1. The zero-order valence-electron chi connectivity index (χ0n) is 16.1. The van der Waals surface area contributed by atoms with E-state index < -0.39 is 0 Å². The Balaban J connectivity index is 1.63. The minimum Gasteiger partial charge on any atom is -0.493 e. The standard InChI is InChI=1S/C21H23N3O4/c1-26-18-10-9-17(19(27-2)20(18)28-3)21(25)22-13-11-15-5-7-16(8-6-15)24-14-4-12-23-24/h4-10,12,14H,11,13H2,1-3H3,(H,22,25). The van der Waals surface area contributed by atoms with E-state index >= 15 is 0 Å². The SMILES string of the molecule is COc1ccc(C(=O)NCCc2ccc(-n3cccn3)cc2)c(OC)c1OC. The van der Waals surface area contributed by atoms with Gasteiger partial charge in [0.25, 0.3) is 5.91 Å². The van der Waals surface area contributed by atoms with Crippen molar-refractivity contribution in [3.63, 3.8) is 0 Å². The molecule has 0 radical (unpaired) electrons. The Kier molecular flexibility index (Phi) is 6.16. The highest BCUT2D eigenvalue weighted by atomic mass is 16.5. The van der Waals surface area contributed by atoms with Crippen LogP contribution in [0.2, 0.25) is 0 Å². The van der Waals surface area contributed by atoms with Gasteiger partial charge in [-0.3, -0.25) is 4.79 Å². The van der Waals surface area contributed by atoms with E-state index in [0.717, 1.165) is 11.3 Å². The number of ether oxygens (including phenoxy) is 3. The Morgan fingerprint density at radius 2 is 1.75 bits per heavy atom. The summed E-state index contributed by atoms with van der Waals surface area (Å²) in [6.07, 6.45) is 4.35. The molecule has 0 saturated heterocycles. The Hall–Kier alpha value is -3.48. The molecule has 0 aliphatic heterocycles. The van der Waals surface area contributed by atoms with Gasteiger partial charge in [0.05, 0.1) is 32.6 Å². The summed E-state index contributed by atoms with van der Waals surface area (Å²) in [6, 6.07) is 13.3. The number of amides is 1. The van der Waals surface area contributed by atoms with Crippen molar-refractivity contribution in [2.45, 2.75) is 6.42 Å². The first kappa shape index (κ1) is 19.3. The van der Waals surface area contributed by atoms with Gasteiger partial charge in [0, 0.05) is 18.9 Å². The molecule has 28 heavy (non-hydrogen) atoms. The Morgan fingerprint density at radius 1 is 1.00 bits per heavy atom. The van der Waals surface area contributed by atoms with Crippen LogP contribution in [0.3, 0.4) is 0 Å². The Labute approximate surface area is 163 Å². The van der Waals surface area contributed by atoms with Crippen molar-refractivity contribution in [1.82, 2.24) is 15.1 Å². The van der Waals surface area contributed by atoms with E-state index in [2.05, 4.69) is 10.4 Å². The van der Waals surface area contributed by atoms with E-state index in [4.69, 9.17) is 14.2 Å². The fourth-order valence-corrected chi connectivity index (χ4v) is 2.93. The van der Waals surface area contributed by atoms with Crippen molar-refractivity contribution in [2.75, 3.05) is 27.9 Å². The number of hydrogen-bond acceptors (Lipinski definition) is 5. The number of carbonyl (C=O) groups excluding carboxylic acids is 1. The largest absolute Gasteiger partial charge is 0.493 e. The van der Waals surface area contributed by atoms with E-state index in [-0.39, 0.29) is 5.91 Å². The Morgan fingerprint density at radius 3 is 2.36 bits per heavy atom. The molecule has 1 N–H and O–H groups in total. The molecule has 1 amide bonds. The lowest BCUT2D eigenvalue weighted by atomic mass is 10.1. The summed E-state index contributed by atoms with van der Waals surface area (Å²) in [5.74, 6) is 1.02. The van der Waals surface area contributed by atoms with Gasteiger partial charge in [0.1, 0.15) is 0 Å². The van der Waals surface area contributed by atoms with Gasteiger partial charge in [0.15, 0.2) is 11.5 Å². The van der Waals surface area contributed by atoms with Gasteiger partial charge in [-0.25, -0.2) is 4.68 Å². The summed E-state index contributed by atoms with van der Waals surface area (Å²) in [5, 5.41) is 7.13. The summed E-state index contributed by atoms with van der Waals surface area (Å²) >= 11 is 0. The van der Waals surface area contributed by atoms with E-state index in [1.807, 2.05) is 36.5 Å². The smallest absolute Gasteiger partial charge is 0.255 e. The maximum Gasteiger partial charge on any atom is 0.255 e. The van der Waals surface area contributed by atoms with Gasteiger partial charge in [0.2, 0.25) is 5.75 Å². The summed E-state index contributed by atoms with van der Waals surface area (Å²) in [5.41, 5.74) is 2.51. The molecule has 0 unspecified atom stereocenters. The van der Waals surface area contributed by atoms with Crippen molar-refractivity contribution in [3.8, 4) is 22.9 Å². The number of nitrogens with one attached hydrogen (secondary N) is 1. The molecule has 0 saturated carbocycles. The van der Waals surface area contributed by atoms with Crippen LogP contribution in [0.1, 0.15) is 15.9 Å². The third-order valence-corrected chi connectivity index (χ3v) is 4.35. The number of benzene rings is 2. The molecule has 7 nitrogen and oxygen atoms in total. The second kappa shape index (κ2) is 8.94. The number of rotatable bonds is 8. The lowest BCUT2D eigenvalue weighted by Crippen LogP contribution is -2.26. The van der Waals surface area contributed by atoms with Crippen LogP contribution in [-0.2, 0) is 6.42 Å². The highest BCUT2D eigenvalue weighted by molar-refractivity contribution is 5.98. The predicted molar refractivity (Wildman–Crippen MR) is 106 cm³/mol. The third kappa shape index (κ3) is 4.09. The van der Waals surface area contributed by atoms with Crippen LogP contribution in [0, 0.1) is 0 Å². The predicted octanol–water partition coefficient (Wildman–Crippen LogP) is 2.87. The maximum atomic E-state index is 12.6.